The van der Waals surface area contributed by atoms with E-state index in [0.29, 0.717) is 23.8 Å². The third kappa shape index (κ3) is 7.51. The minimum absolute atomic E-state index is 0.0362. The molecule has 9 nitrogen and oxygen atoms in total. The number of benzene rings is 3. The second kappa shape index (κ2) is 15.7. The fraction of sp³-hybridized carbons (Fsp3) is 0.578. The van der Waals surface area contributed by atoms with Gasteiger partial charge in [-0.15, -0.1) is 0 Å². The Kier molecular flexibility index (Phi) is 10.7. The number of hydrogen-bond donors (Lipinski definition) is 5. The normalized spacial score (nSPS) is 29.9. The molecule has 1 saturated heterocycles. The van der Waals surface area contributed by atoms with Crippen molar-refractivity contribution in [3.05, 3.63) is 60.2 Å². The molecule has 54 heavy (non-hydrogen) atoms. The third-order valence-electron chi connectivity index (χ3n) is 13.7. The summed E-state index contributed by atoms with van der Waals surface area (Å²) in [7, 11) is 1.36. The van der Waals surface area contributed by atoms with Crippen LogP contribution in [0.5, 0.6) is 0 Å². The molecule has 0 spiro atoms. The van der Waals surface area contributed by atoms with Gasteiger partial charge in [0, 0.05) is 24.4 Å². The molecule has 1 amide bonds. The van der Waals surface area contributed by atoms with Gasteiger partial charge in [-0.3, -0.25) is 15.1 Å². The van der Waals surface area contributed by atoms with E-state index in [2.05, 4.69) is 95.0 Å². The van der Waals surface area contributed by atoms with Crippen molar-refractivity contribution < 1.29 is 14.3 Å². The van der Waals surface area contributed by atoms with E-state index in [-0.39, 0.29) is 35.9 Å². The van der Waals surface area contributed by atoms with Crippen LogP contribution in [0.4, 0.5) is 16.2 Å². The number of amides is 1. The van der Waals surface area contributed by atoms with Crippen LogP contribution in [-0.4, -0.2) is 62.2 Å². The zero-order valence-corrected chi connectivity index (χ0v) is 32.8. The Morgan fingerprint density at radius 3 is 2.24 bits per heavy atom. The molecular formula is C45H60N6O3. The van der Waals surface area contributed by atoms with Gasteiger partial charge in [-0.05, 0) is 139 Å². The Morgan fingerprint density at radius 2 is 1.50 bits per heavy atom. The van der Waals surface area contributed by atoms with E-state index in [1.54, 1.807) is 0 Å². The number of carbonyl (C=O) groups excluding carboxylic acids is 2. The highest BCUT2D eigenvalue weighted by molar-refractivity contribution is 6.06. The van der Waals surface area contributed by atoms with Crippen molar-refractivity contribution >= 4 is 39.7 Å². The maximum Gasteiger partial charge on any atom is 0.407 e. The summed E-state index contributed by atoms with van der Waals surface area (Å²) in [6.45, 7) is 10.6. The van der Waals surface area contributed by atoms with Crippen LogP contribution in [0.25, 0.3) is 21.9 Å². The van der Waals surface area contributed by atoms with E-state index in [4.69, 9.17) is 9.73 Å². The van der Waals surface area contributed by atoms with Gasteiger partial charge in [-0.25, -0.2) is 4.79 Å². The summed E-state index contributed by atoms with van der Waals surface area (Å²) in [5, 5.41) is 20.2. The molecule has 5 aliphatic rings. The summed E-state index contributed by atoms with van der Waals surface area (Å²) in [5.74, 6) is 2.73. The molecule has 3 aliphatic heterocycles. The highest BCUT2D eigenvalue weighted by Gasteiger charge is 2.46. The lowest BCUT2D eigenvalue weighted by Gasteiger charge is -2.39. The van der Waals surface area contributed by atoms with Crippen LogP contribution in [-0.2, 0) is 9.53 Å². The molecule has 8 rings (SSSR count). The molecule has 9 atom stereocenters. The topological polar surface area (TPSA) is 116 Å². The molecule has 2 saturated carbocycles. The average Bonchev–Trinajstić information content (AvgIpc) is 3.95. The van der Waals surface area contributed by atoms with Crippen LogP contribution in [0, 0.1) is 41.4 Å². The van der Waals surface area contributed by atoms with Crippen LogP contribution in [0.15, 0.2) is 59.6 Å². The summed E-state index contributed by atoms with van der Waals surface area (Å²) >= 11 is 0. The van der Waals surface area contributed by atoms with Gasteiger partial charge in [0.1, 0.15) is 12.3 Å². The second-order valence-electron chi connectivity index (χ2n) is 17.6. The summed E-state index contributed by atoms with van der Waals surface area (Å²) in [5.41, 5.74) is 6.83. The van der Waals surface area contributed by atoms with Crippen LogP contribution in [0.3, 0.4) is 0 Å². The Labute approximate surface area is 321 Å². The number of nitrogens with zero attached hydrogens (tertiary/aromatic N) is 1. The summed E-state index contributed by atoms with van der Waals surface area (Å²) in [6.07, 6.45) is 8.65. The van der Waals surface area contributed by atoms with E-state index < -0.39 is 12.1 Å². The number of anilines is 2. The summed E-state index contributed by atoms with van der Waals surface area (Å²) in [4.78, 5) is 32.0. The van der Waals surface area contributed by atoms with E-state index in [0.717, 1.165) is 60.9 Å². The van der Waals surface area contributed by atoms with E-state index in [1.807, 2.05) is 13.8 Å². The van der Waals surface area contributed by atoms with Crippen LogP contribution < -0.4 is 26.6 Å². The van der Waals surface area contributed by atoms with Crippen molar-refractivity contribution in [2.45, 2.75) is 103 Å². The smallest absolute Gasteiger partial charge is 0.407 e. The largest absolute Gasteiger partial charge is 0.453 e. The number of rotatable bonds is 9. The maximum atomic E-state index is 14.5. The van der Waals surface area contributed by atoms with E-state index >= 15 is 0 Å². The number of Topliss-reactive ketones (excluding diaryl/α,β-unsaturated/α-hetero) is 1. The fourth-order valence-electron chi connectivity index (χ4n) is 10.5. The predicted molar refractivity (Wildman–Crippen MR) is 219 cm³/mol. The minimum atomic E-state index is -0.582. The Morgan fingerprint density at radius 1 is 0.796 bits per heavy atom. The first-order valence-electron chi connectivity index (χ1n) is 20.8. The molecular weight excluding hydrogens is 673 g/mol. The van der Waals surface area contributed by atoms with Crippen molar-refractivity contribution in [3.8, 4) is 11.1 Å². The Bertz CT molecular complexity index is 1880. The molecule has 0 bridgehead atoms. The predicted octanol–water partition coefficient (Wildman–Crippen LogP) is 8.20. The molecule has 0 radical (unpaired) electrons. The van der Waals surface area contributed by atoms with Crippen molar-refractivity contribution in [2.24, 2.45) is 46.4 Å². The number of carbonyl (C=O) groups is 2. The maximum absolute atomic E-state index is 14.5. The van der Waals surface area contributed by atoms with E-state index in [9.17, 15) is 9.59 Å². The van der Waals surface area contributed by atoms with Gasteiger partial charge in [0.05, 0.1) is 30.2 Å². The zero-order chi connectivity index (χ0) is 37.5. The van der Waals surface area contributed by atoms with Gasteiger partial charge in [-0.1, -0.05) is 58.0 Å². The highest BCUT2D eigenvalue weighted by atomic mass is 16.5. The first kappa shape index (κ1) is 37.0. The van der Waals surface area contributed by atoms with Gasteiger partial charge in [0.2, 0.25) is 0 Å². The molecule has 3 fully saturated rings. The molecule has 2 aliphatic carbocycles. The monoisotopic (exact) mass is 732 g/mol. The standard InChI is InChI=1S/C45H60N6O3/c1-25(2)27-8-9-32-22-36(35(16-14-31(32)19-27)42(52)41(26(3)4)51-45(53)54-5)43-48-37-17-15-33(23-39(37)49-43)29-10-11-30-21-34(13-12-28(30)20-29)40-24-47-44(50-40)38-7-6-18-46-38/h10-13,15,17,20-21,23,25-27,31-32,35-36,38,41,43-44,46-49H,6-9,14,16,18-19,22,24H2,1-5H3,(H,51,53). The number of alkyl carbamates (subject to hydrolysis) is 1. The van der Waals surface area contributed by atoms with E-state index in [1.165, 1.54) is 61.1 Å². The first-order chi connectivity index (χ1) is 26.1. The van der Waals surface area contributed by atoms with Crippen molar-refractivity contribution in [1.29, 1.82) is 0 Å². The molecule has 3 aromatic rings. The quantitative estimate of drug-likeness (QED) is 0.151. The second-order valence-corrected chi connectivity index (χ2v) is 17.6. The number of methoxy groups -OCH3 is 1. The molecule has 5 N–H and O–H groups in total. The third-order valence-corrected chi connectivity index (χ3v) is 13.7. The SMILES string of the molecule is COC(=O)NC(C(=O)C1CCC2CC(C(C)C)CCC2CC1C1Nc2ccc(-c3ccc4cc(C5=NC(C6CCCN6)NC5)ccc4c3)cc2N1)C(C)C. The molecule has 0 aromatic heterocycles. The first-order valence-corrected chi connectivity index (χ1v) is 20.8. The Balaban J connectivity index is 1.02. The fourth-order valence-corrected chi connectivity index (χ4v) is 10.5. The van der Waals surface area contributed by atoms with Crippen LogP contribution >= 0.6 is 0 Å². The van der Waals surface area contributed by atoms with Crippen LogP contribution in [0.2, 0.25) is 0 Å². The van der Waals surface area contributed by atoms with Gasteiger partial charge in [-0.2, -0.15) is 0 Å². The molecule has 3 heterocycles. The van der Waals surface area contributed by atoms with Gasteiger partial charge in [0.25, 0.3) is 0 Å². The summed E-state index contributed by atoms with van der Waals surface area (Å²) < 4.78 is 4.95. The van der Waals surface area contributed by atoms with Gasteiger partial charge >= 0.3 is 6.09 Å². The number of aliphatic imine (C=N–C) groups is 1. The minimum Gasteiger partial charge on any atom is -0.453 e. The number of ketones is 1. The zero-order valence-electron chi connectivity index (χ0n) is 32.8. The van der Waals surface area contributed by atoms with Crippen LogP contribution in [0.1, 0.15) is 84.6 Å². The molecule has 3 aromatic carbocycles. The van der Waals surface area contributed by atoms with Crippen molar-refractivity contribution in [3.63, 3.8) is 0 Å². The lowest BCUT2D eigenvalue weighted by Crippen LogP contribution is -2.50. The number of hydrogen-bond acceptors (Lipinski definition) is 8. The number of nitrogens with one attached hydrogen (secondary N) is 5. The number of fused-ring (bicyclic) bond motifs is 3. The number of ether oxygens (including phenoxy) is 1. The van der Waals surface area contributed by atoms with Crippen molar-refractivity contribution in [2.75, 3.05) is 30.8 Å². The molecule has 288 valence electrons. The molecule has 9 unspecified atom stereocenters. The van der Waals surface area contributed by atoms with Gasteiger partial charge < -0.3 is 26.0 Å². The van der Waals surface area contributed by atoms with Gasteiger partial charge in [0.15, 0.2) is 5.78 Å². The average molecular weight is 733 g/mol. The van der Waals surface area contributed by atoms with Crippen molar-refractivity contribution in [1.82, 2.24) is 16.0 Å². The molecule has 9 heteroatoms. The Hall–Kier alpha value is -3.95. The lowest BCUT2D eigenvalue weighted by molar-refractivity contribution is -0.128. The highest BCUT2D eigenvalue weighted by Crippen LogP contribution is 2.49. The summed E-state index contributed by atoms with van der Waals surface area (Å²) in [6, 6.07) is 20.0. The lowest BCUT2D eigenvalue weighted by atomic mass is 9.68.